The quantitative estimate of drug-likeness (QED) is 0.926. The zero-order valence-electron chi connectivity index (χ0n) is 11.4. The summed E-state index contributed by atoms with van der Waals surface area (Å²) < 4.78 is 5.91. The van der Waals surface area contributed by atoms with Gasteiger partial charge in [-0.25, -0.2) is 0 Å². The van der Waals surface area contributed by atoms with Gasteiger partial charge in [-0.3, -0.25) is 4.79 Å². The molecule has 2 aromatic carbocycles. The fourth-order valence-corrected chi connectivity index (χ4v) is 2.50. The van der Waals surface area contributed by atoms with E-state index in [0.717, 1.165) is 21.3 Å². The van der Waals surface area contributed by atoms with Gasteiger partial charge in [0.25, 0.3) is 5.91 Å². The molecule has 0 aliphatic rings. The van der Waals surface area contributed by atoms with Gasteiger partial charge < -0.3 is 10.1 Å². The molecule has 0 fully saturated rings. The summed E-state index contributed by atoms with van der Waals surface area (Å²) in [4.78, 5) is 12.1. The average Bonchev–Trinajstić information content (AvgIpc) is 2.45. The molecule has 0 heterocycles. The van der Waals surface area contributed by atoms with E-state index in [4.69, 9.17) is 4.74 Å². The van der Waals surface area contributed by atoms with Crippen LogP contribution in [0.1, 0.15) is 21.5 Å². The Kier molecular flexibility index (Phi) is 4.79. The van der Waals surface area contributed by atoms with Gasteiger partial charge in [0, 0.05) is 11.0 Å². The second-order valence-electron chi connectivity index (χ2n) is 4.51. The SMILES string of the molecule is COc1ccc(CNC(=O)c2ccc(C)cc2Br)cc1. The highest BCUT2D eigenvalue weighted by atomic mass is 79.9. The molecule has 0 bridgehead atoms. The van der Waals surface area contributed by atoms with Crippen molar-refractivity contribution in [1.29, 1.82) is 0 Å². The van der Waals surface area contributed by atoms with E-state index >= 15 is 0 Å². The molecule has 20 heavy (non-hydrogen) atoms. The minimum Gasteiger partial charge on any atom is -0.497 e. The van der Waals surface area contributed by atoms with E-state index in [1.807, 2.05) is 49.4 Å². The van der Waals surface area contributed by atoms with Crippen molar-refractivity contribution in [2.75, 3.05) is 7.11 Å². The van der Waals surface area contributed by atoms with Crippen LogP contribution in [0.15, 0.2) is 46.9 Å². The van der Waals surface area contributed by atoms with Crippen LogP contribution in [0.2, 0.25) is 0 Å². The maximum absolute atomic E-state index is 12.1. The second kappa shape index (κ2) is 6.57. The molecule has 0 aliphatic carbocycles. The van der Waals surface area contributed by atoms with Crippen molar-refractivity contribution < 1.29 is 9.53 Å². The van der Waals surface area contributed by atoms with Gasteiger partial charge in [0.15, 0.2) is 0 Å². The second-order valence-corrected chi connectivity index (χ2v) is 5.37. The Morgan fingerprint density at radius 2 is 1.90 bits per heavy atom. The van der Waals surface area contributed by atoms with Crippen LogP contribution in [-0.4, -0.2) is 13.0 Å². The molecule has 0 spiro atoms. The first kappa shape index (κ1) is 14.6. The van der Waals surface area contributed by atoms with Crippen LogP contribution in [-0.2, 0) is 6.54 Å². The van der Waals surface area contributed by atoms with Gasteiger partial charge in [0.2, 0.25) is 0 Å². The van der Waals surface area contributed by atoms with Gasteiger partial charge in [0.1, 0.15) is 5.75 Å². The smallest absolute Gasteiger partial charge is 0.252 e. The number of hydrogen-bond acceptors (Lipinski definition) is 2. The minimum atomic E-state index is -0.0901. The number of benzene rings is 2. The molecule has 2 rings (SSSR count). The molecule has 0 atom stereocenters. The fraction of sp³-hybridized carbons (Fsp3) is 0.188. The van der Waals surface area contributed by atoms with Crippen molar-refractivity contribution in [2.24, 2.45) is 0 Å². The lowest BCUT2D eigenvalue weighted by molar-refractivity contribution is 0.0950. The number of methoxy groups -OCH3 is 1. The predicted molar refractivity (Wildman–Crippen MR) is 83.0 cm³/mol. The number of amides is 1. The van der Waals surface area contributed by atoms with Gasteiger partial charge in [-0.15, -0.1) is 0 Å². The van der Waals surface area contributed by atoms with Crippen molar-refractivity contribution in [3.05, 3.63) is 63.6 Å². The standard InChI is InChI=1S/C16H16BrNO2/c1-11-3-8-14(15(17)9-11)16(19)18-10-12-4-6-13(20-2)7-5-12/h3-9H,10H2,1-2H3,(H,18,19). The van der Waals surface area contributed by atoms with Crippen LogP contribution in [0.3, 0.4) is 0 Å². The van der Waals surface area contributed by atoms with Crippen molar-refractivity contribution in [1.82, 2.24) is 5.32 Å². The van der Waals surface area contributed by atoms with Crippen LogP contribution in [0.5, 0.6) is 5.75 Å². The van der Waals surface area contributed by atoms with Crippen LogP contribution in [0.25, 0.3) is 0 Å². The van der Waals surface area contributed by atoms with Gasteiger partial charge in [0.05, 0.1) is 12.7 Å². The van der Waals surface area contributed by atoms with Crippen LogP contribution in [0, 0.1) is 6.92 Å². The zero-order chi connectivity index (χ0) is 14.5. The first-order valence-corrected chi connectivity index (χ1v) is 7.06. The third kappa shape index (κ3) is 3.61. The molecule has 1 amide bonds. The number of ether oxygens (including phenoxy) is 1. The maximum atomic E-state index is 12.1. The number of rotatable bonds is 4. The van der Waals surface area contributed by atoms with E-state index in [9.17, 15) is 4.79 Å². The number of aryl methyl sites for hydroxylation is 1. The summed E-state index contributed by atoms with van der Waals surface area (Å²) in [5.74, 6) is 0.717. The highest BCUT2D eigenvalue weighted by Crippen LogP contribution is 2.18. The summed E-state index contributed by atoms with van der Waals surface area (Å²) in [7, 11) is 1.63. The third-order valence-corrected chi connectivity index (χ3v) is 3.64. The number of carbonyl (C=O) groups excluding carboxylic acids is 1. The van der Waals surface area contributed by atoms with Crippen molar-refractivity contribution in [3.63, 3.8) is 0 Å². The fourth-order valence-electron chi connectivity index (χ4n) is 1.83. The maximum Gasteiger partial charge on any atom is 0.252 e. The van der Waals surface area contributed by atoms with Crippen LogP contribution >= 0.6 is 15.9 Å². The first-order chi connectivity index (χ1) is 9.60. The van der Waals surface area contributed by atoms with Gasteiger partial charge in [-0.05, 0) is 58.2 Å². The summed E-state index contributed by atoms with van der Waals surface area (Å²) in [6.45, 7) is 2.48. The number of halogens is 1. The Morgan fingerprint density at radius 1 is 1.20 bits per heavy atom. The topological polar surface area (TPSA) is 38.3 Å². The summed E-state index contributed by atoms with van der Waals surface area (Å²) in [5, 5.41) is 2.90. The first-order valence-electron chi connectivity index (χ1n) is 6.27. The molecule has 1 N–H and O–H groups in total. The normalized spacial score (nSPS) is 10.2. The highest BCUT2D eigenvalue weighted by Gasteiger charge is 2.09. The molecule has 3 nitrogen and oxygen atoms in total. The largest absolute Gasteiger partial charge is 0.497 e. The van der Waals surface area contributed by atoms with E-state index in [0.29, 0.717) is 12.1 Å². The molecular weight excluding hydrogens is 318 g/mol. The van der Waals surface area contributed by atoms with Gasteiger partial charge in [-0.1, -0.05) is 18.2 Å². The molecule has 4 heteroatoms. The zero-order valence-corrected chi connectivity index (χ0v) is 13.0. The van der Waals surface area contributed by atoms with E-state index in [-0.39, 0.29) is 5.91 Å². The van der Waals surface area contributed by atoms with Crippen LogP contribution < -0.4 is 10.1 Å². The average molecular weight is 334 g/mol. The van der Waals surface area contributed by atoms with Crippen LogP contribution in [0.4, 0.5) is 0 Å². The Hall–Kier alpha value is -1.81. The minimum absolute atomic E-state index is 0.0901. The molecule has 0 saturated heterocycles. The third-order valence-electron chi connectivity index (χ3n) is 2.98. The Morgan fingerprint density at radius 3 is 2.50 bits per heavy atom. The lowest BCUT2D eigenvalue weighted by atomic mass is 10.1. The molecular formula is C16H16BrNO2. The van der Waals surface area contributed by atoms with Crippen molar-refractivity contribution in [2.45, 2.75) is 13.5 Å². The Labute approximate surface area is 127 Å². The van der Waals surface area contributed by atoms with Crippen molar-refractivity contribution >= 4 is 21.8 Å². The molecule has 104 valence electrons. The summed E-state index contributed by atoms with van der Waals surface area (Å²) in [6.07, 6.45) is 0. The van der Waals surface area contributed by atoms with Gasteiger partial charge >= 0.3 is 0 Å². The molecule has 0 saturated carbocycles. The highest BCUT2D eigenvalue weighted by molar-refractivity contribution is 9.10. The number of nitrogens with one attached hydrogen (secondary N) is 1. The molecule has 0 unspecified atom stereocenters. The Balaban J connectivity index is 2.00. The van der Waals surface area contributed by atoms with Gasteiger partial charge in [-0.2, -0.15) is 0 Å². The van der Waals surface area contributed by atoms with E-state index in [1.54, 1.807) is 7.11 Å². The molecule has 0 aliphatic heterocycles. The van der Waals surface area contributed by atoms with E-state index in [2.05, 4.69) is 21.2 Å². The predicted octanol–water partition coefficient (Wildman–Crippen LogP) is 3.70. The number of carbonyl (C=O) groups is 1. The Bertz CT molecular complexity index is 608. The number of hydrogen-bond donors (Lipinski definition) is 1. The summed E-state index contributed by atoms with van der Waals surface area (Å²) >= 11 is 3.42. The van der Waals surface area contributed by atoms with Crippen molar-refractivity contribution in [3.8, 4) is 5.75 Å². The molecule has 2 aromatic rings. The summed E-state index contributed by atoms with van der Waals surface area (Å²) in [5.41, 5.74) is 2.79. The molecule has 0 radical (unpaired) electrons. The van der Waals surface area contributed by atoms with E-state index < -0.39 is 0 Å². The van der Waals surface area contributed by atoms with E-state index in [1.165, 1.54) is 0 Å². The lowest BCUT2D eigenvalue weighted by Crippen LogP contribution is -2.23. The monoisotopic (exact) mass is 333 g/mol. The summed E-state index contributed by atoms with van der Waals surface area (Å²) in [6, 6.07) is 13.3. The lowest BCUT2D eigenvalue weighted by Gasteiger charge is -2.08. The molecule has 0 aromatic heterocycles.